The number of thiazole rings is 1. The van der Waals surface area contributed by atoms with E-state index in [-0.39, 0.29) is 0 Å². The molecule has 2 aromatic rings. The molecule has 0 spiro atoms. The lowest BCUT2D eigenvalue weighted by Gasteiger charge is -1.97. The van der Waals surface area contributed by atoms with Crippen molar-refractivity contribution in [2.24, 2.45) is 0 Å². The second-order valence-electron chi connectivity index (χ2n) is 4.25. The van der Waals surface area contributed by atoms with Crippen LogP contribution in [0.15, 0.2) is 5.51 Å². The molecule has 2 heterocycles. The minimum Gasteiger partial charge on any atom is -0.314 e. The number of hydrogen-bond donors (Lipinski definition) is 1. The van der Waals surface area contributed by atoms with E-state index in [0.717, 1.165) is 39.6 Å². The van der Waals surface area contributed by atoms with Crippen LogP contribution in [0.3, 0.4) is 0 Å². The van der Waals surface area contributed by atoms with Crippen molar-refractivity contribution in [2.45, 2.75) is 32.2 Å². The van der Waals surface area contributed by atoms with Crippen molar-refractivity contribution < 1.29 is 0 Å². The molecule has 1 aliphatic rings. The first-order valence-corrected chi connectivity index (χ1v) is 7.49. The van der Waals surface area contributed by atoms with Crippen LogP contribution < -0.4 is 5.32 Å². The van der Waals surface area contributed by atoms with Gasteiger partial charge >= 0.3 is 0 Å². The van der Waals surface area contributed by atoms with Crippen molar-refractivity contribution in [3.05, 3.63) is 16.2 Å². The monoisotopic (exact) mass is 266 g/mol. The number of aromatic nitrogens is 3. The summed E-state index contributed by atoms with van der Waals surface area (Å²) < 4.78 is 0. The van der Waals surface area contributed by atoms with E-state index in [1.54, 1.807) is 22.7 Å². The van der Waals surface area contributed by atoms with E-state index in [2.05, 4.69) is 20.5 Å². The summed E-state index contributed by atoms with van der Waals surface area (Å²) >= 11 is 3.32. The third-order valence-corrected chi connectivity index (χ3v) is 4.82. The van der Waals surface area contributed by atoms with Crippen LogP contribution in [0.1, 0.15) is 23.5 Å². The molecule has 0 unspecified atom stereocenters. The number of rotatable bonds is 5. The molecule has 1 aliphatic carbocycles. The molecule has 17 heavy (non-hydrogen) atoms. The Kier molecular flexibility index (Phi) is 3.17. The van der Waals surface area contributed by atoms with Crippen molar-refractivity contribution in [3.8, 4) is 9.88 Å². The van der Waals surface area contributed by atoms with E-state index in [1.165, 1.54) is 12.8 Å². The number of nitrogens with zero attached hydrogens (tertiary/aromatic N) is 3. The zero-order chi connectivity index (χ0) is 11.7. The highest BCUT2D eigenvalue weighted by molar-refractivity contribution is 7.20. The maximum absolute atomic E-state index is 4.24. The van der Waals surface area contributed by atoms with E-state index < -0.39 is 0 Å². The van der Waals surface area contributed by atoms with Gasteiger partial charge in [-0.05, 0) is 19.8 Å². The second kappa shape index (κ2) is 4.80. The molecule has 3 rings (SSSR count). The van der Waals surface area contributed by atoms with Gasteiger partial charge in [-0.1, -0.05) is 11.3 Å². The first kappa shape index (κ1) is 11.3. The Morgan fingerprint density at radius 3 is 3.00 bits per heavy atom. The SMILES string of the molecule is Cc1ncsc1-c1nnc(CCNC2CC2)s1. The number of nitrogens with one attached hydrogen (secondary N) is 1. The summed E-state index contributed by atoms with van der Waals surface area (Å²) in [5, 5.41) is 14.1. The van der Waals surface area contributed by atoms with Gasteiger partial charge < -0.3 is 5.32 Å². The quantitative estimate of drug-likeness (QED) is 0.902. The third-order valence-electron chi connectivity index (χ3n) is 2.76. The van der Waals surface area contributed by atoms with E-state index >= 15 is 0 Å². The van der Waals surface area contributed by atoms with Crippen LogP contribution in [0.5, 0.6) is 0 Å². The van der Waals surface area contributed by atoms with Gasteiger partial charge in [-0.3, -0.25) is 0 Å². The Balaban J connectivity index is 1.63. The summed E-state index contributed by atoms with van der Waals surface area (Å²) in [5.74, 6) is 0. The van der Waals surface area contributed by atoms with Crippen LogP contribution in [-0.4, -0.2) is 27.8 Å². The minimum atomic E-state index is 0.770. The molecule has 0 atom stereocenters. The predicted molar refractivity (Wildman–Crippen MR) is 70.5 cm³/mol. The second-order valence-corrected chi connectivity index (χ2v) is 6.16. The molecule has 6 heteroatoms. The molecule has 0 radical (unpaired) electrons. The van der Waals surface area contributed by atoms with Gasteiger partial charge in [0, 0.05) is 19.0 Å². The molecule has 0 aliphatic heterocycles. The molecule has 0 saturated heterocycles. The van der Waals surface area contributed by atoms with Gasteiger partial charge in [-0.15, -0.1) is 21.5 Å². The molecule has 4 nitrogen and oxygen atoms in total. The van der Waals surface area contributed by atoms with E-state index in [1.807, 2.05) is 12.4 Å². The highest BCUT2D eigenvalue weighted by atomic mass is 32.1. The van der Waals surface area contributed by atoms with Gasteiger partial charge in [0.2, 0.25) is 0 Å². The van der Waals surface area contributed by atoms with Crippen molar-refractivity contribution in [1.29, 1.82) is 0 Å². The van der Waals surface area contributed by atoms with Crippen molar-refractivity contribution in [2.75, 3.05) is 6.54 Å². The number of aryl methyl sites for hydroxylation is 1. The fourth-order valence-corrected chi connectivity index (χ4v) is 3.41. The maximum Gasteiger partial charge on any atom is 0.159 e. The predicted octanol–water partition coefficient (Wildman–Crippen LogP) is 2.26. The van der Waals surface area contributed by atoms with Crippen molar-refractivity contribution >= 4 is 22.7 Å². The zero-order valence-electron chi connectivity index (χ0n) is 9.64. The lowest BCUT2D eigenvalue weighted by molar-refractivity contribution is 0.677. The van der Waals surface area contributed by atoms with Gasteiger partial charge in [0.1, 0.15) is 5.01 Å². The summed E-state index contributed by atoms with van der Waals surface area (Å²) in [7, 11) is 0. The Bertz CT molecular complexity index is 501. The first-order valence-electron chi connectivity index (χ1n) is 5.79. The molecule has 1 N–H and O–H groups in total. The fourth-order valence-electron chi connectivity index (χ4n) is 1.62. The van der Waals surface area contributed by atoms with Crippen molar-refractivity contribution in [1.82, 2.24) is 20.5 Å². The first-order chi connectivity index (χ1) is 8.33. The average molecular weight is 266 g/mol. The summed E-state index contributed by atoms with van der Waals surface area (Å²) in [4.78, 5) is 5.40. The molecule has 90 valence electrons. The number of hydrogen-bond acceptors (Lipinski definition) is 6. The van der Waals surface area contributed by atoms with Gasteiger partial charge in [-0.2, -0.15) is 0 Å². The highest BCUT2D eigenvalue weighted by Crippen LogP contribution is 2.29. The van der Waals surface area contributed by atoms with Crippen LogP contribution in [-0.2, 0) is 6.42 Å². The average Bonchev–Trinajstić information content (AvgIpc) is 2.85. The molecular formula is C11H14N4S2. The largest absolute Gasteiger partial charge is 0.314 e. The van der Waals surface area contributed by atoms with Gasteiger partial charge in [0.05, 0.1) is 16.1 Å². The standard InChI is InChI=1S/C11H14N4S2/c1-7-10(16-6-13-7)11-15-14-9(17-11)4-5-12-8-2-3-8/h6,8,12H,2-5H2,1H3. The van der Waals surface area contributed by atoms with Gasteiger partial charge in [0.25, 0.3) is 0 Å². The Hall–Kier alpha value is -0.850. The molecule has 0 aromatic carbocycles. The summed E-state index contributed by atoms with van der Waals surface area (Å²) in [6.07, 6.45) is 3.65. The molecular weight excluding hydrogens is 252 g/mol. The normalized spacial score (nSPS) is 15.4. The Morgan fingerprint density at radius 2 is 2.29 bits per heavy atom. The highest BCUT2D eigenvalue weighted by Gasteiger charge is 2.20. The van der Waals surface area contributed by atoms with E-state index in [9.17, 15) is 0 Å². The maximum atomic E-state index is 4.24. The molecule has 1 fully saturated rings. The van der Waals surface area contributed by atoms with E-state index in [0.29, 0.717) is 0 Å². The third kappa shape index (κ3) is 2.70. The lowest BCUT2D eigenvalue weighted by atomic mass is 10.4. The Morgan fingerprint density at radius 1 is 1.41 bits per heavy atom. The fraction of sp³-hybridized carbons (Fsp3) is 0.545. The molecule has 0 bridgehead atoms. The smallest absolute Gasteiger partial charge is 0.159 e. The van der Waals surface area contributed by atoms with Crippen LogP contribution in [0.2, 0.25) is 0 Å². The van der Waals surface area contributed by atoms with Crippen molar-refractivity contribution in [3.63, 3.8) is 0 Å². The Labute approximate surface area is 108 Å². The van der Waals surface area contributed by atoms with Crippen LogP contribution in [0.4, 0.5) is 0 Å². The topological polar surface area (TPSA) is 50.7 Å². The van der Waals surface area contributed by atoms with Gasteiger partial charge in [0.15, 0.2) is 5.01 Å². The van der Waals surface area contributed by atoms with E-state index in [4.69, 9.17) is 0 Å². The summed E-state index contributed by atoms with van der Waals surface area (Å²) in [6, 6.07) is 0.770. The minimum absolute atomic E-state index is 0.770. The van der Waals surface area contributed by atoms with Gasteiger partial charge in [-0.25, -0.2) is 4.98 Å². The molecule has 1 saturated carbocycles. The lowest BCUT2D eigenvalue weighted by Crippen LogP contribution is -2.19. The van der Waals surface area contributed by atoms with Crippen LogP contribution in [0, 0.1) is 6.92 Å². The summed E-state index contributed by atoms with van der Waals surface area (Å²) in [5.41, 5.74) is 2.91. The molecule has 0 amide bonds. The van der Waals surface area contributed by atoms with Crippen LogP contribution in [0.25, 0.3) is 9.88 Å². The zero-order valence-corrected chi connectivity index (χ0v) is 11.3. The van der Waals surface area contributed by atoms with Crippen LogP contribution >= 0.6 is 22.7 Å². The molecule has 2 aromatic heterocycles. The summed E-state index contributed by atoms with van der Waals surface area (Å²) in [6.45, 7) is 3.03.